The van der Waals surface area contributed by atoms with Crippen LogP contribution in [0.1, 0.15) is 55.4 Å². The van der Waals surface area contributed by atoms with E-state index in [0.717, 1.165) is 35.8 Å². The molecule has 2 nitrogen and oxygen atoms in total. The van der Waals surface area contributed by atoms with E-state index in [4.69, 9.17) is 0 Å². The fourth-order valence-corrected chi connectivity index (χ4v) is 3.25. The Balaban J connectivity index is 0.000000211. The van der Waals surface area contributed by atoms with Crippen molar-refractivity contribution in [3.63, 3.8) is 0 Å². The van der Waals surface area contributed by atoms with Crippen LogP contribution in [0.25, 0.3) is 0 Å². The van der Waals surface area contributed by atoms with Gasteiger partial charge in [-0.2, -0.15) is 0 Å². The van der Waals surface area contributed by atoms with E-state index in [1.54, 1.807) is 0 Å². The molecule has 0 atom stereocenters. The van der Waals surface area contributed by atoms with Gasteiger partial charge in [-0.05, 0) is 45.4 Å². The Morgan fingerprint density at radius 2 is 1.19 bits per heavy atom. The standard InChI is InChI=1S/C10H22N.C9H19N/c1-8(2)10-6-11(5,7-10)9(3)4;1-7(2)9-5-10(6-9)8(3)4/h8-10H,6-7H2,1-5H3;7-9H,5-6H2,1-4H3/q+1;. The Labute approximate surface area is 134 Å². The first kappa shape index (κ1) is 19.0. The van der Waals surface area contributed by atoms with Crippen molar-refractivity contribution in [2.24, 2.45) is 23.7 Å². The molecule has 0 N–H and O–H groups in total. The molecule has 0 amide bonds. The summed E-state index contributed by atoms with van der Waals surface area (Å²) in [5, 5.41) is 0. The maximum atomic E-state index is 2.53. The smallest absolute Gasteiger partial charge is 0.0872 e. The molecule has 2 aliphatic rings. The van der Waals surface area contributed by atoms with Gasteiger partial charge in [-0.1, -0.05) is 27.7 Å². The molecule has 2 heterocycles. The largest absolute Gasteiger partial charge is 0.323 e. The minimum Gasteiger partial charge on any atom is -0.323 e. The van der Waals surface area contributed by atoms with Crippen molar-refractivity contribution in [2.75, 3.05) is 33.2 Å². The number of hydrogen-bond acceptors (Lipinski definition) is 1. The molecule has 0 aromatic carbocycles. The van der Waals surface area contributed by atoms with Crippen LogP contribution in [0.3, 0.4) is 0 Å². The zero-order valence-corrected chi connectivity index (χ0v) is 16.2. The molecule has 0 radical (unpaired) electrons. The number of nitrogens with zero attached hydrogens (tertiary/aromatic N) is 2. The summed E-state index contributed by atoms with van der Waals surface area (Å²) in [6.07, 6.45) is 0. The molecule has 0 bridgehead atoms. The zero-order chi connectivity index (χ0) is 16.4. The number of likely N-dealkylation sites (tertiary alicyclic amines) is 2. The molecule has 0 aromatic rings. The number of rotatable bonds is 4. The first-order valence-corrected chi connectivity index (χ1v) is 9.15. The average molecular weight is 298 g/mol. The molecule has 2 saturated heterocycles. The summed E-state index contributed by atoms with van der Waals surface area (Å²) in [7, 11) is 2.38. The van der Waals surface area contributed by atoms with E-state index in [-0.39, 0.29) is 0 Å². The van der Waals surface area contributed by atoms with Gasteiger partial charge in [-0.25, -0.2) is 0 Å². The zero-order valence-electron chi connectivity index (χ0n) is 16.2. The van der Waals surface area contributed by atoms with Crippen molar-refractivity contribution in [3.8, 4) is 0 Å². The quantitative estimate of drug-likeness (QED) is 0.706. The van der Waals surface area contributed by atoms with Gasteiger partial charge in [-0.3, -0.25) is 0 Å². The van der Waals surface area contributed by atoms with Gasteiger partial charge in [0, 0.05) is 19.1 Å². The predicted octanol–water partition coefficient (Wildman–Crippen LogP) is 4.11. The lowest BCUT2D eigenvalue weighted by atomic mass is 9.85. The number of hydrogen-bond donors (Lipinski definition) is 0. The van der Waals surface area contributed by atoms with Crippen LogP contribution >= 0.6 is 0 Å². The summed E-state index contributed by atoms with van der Waals surface area (Å²) in [4.78, 5) is 2.53. The van der Waals surface area contributed by atoms with E-state index >= 15 is 0 Å². The molecule has 126 valence electrons. The molecule has 21 heavy (non-hydrogen) atoms. The highest BCUT2D eigenvalue weighted by Crippen LogP contribution is 2.31. The molecule has 0 unspecified atom stereocenters. The van der Waals surface area contributed by atoms with Crippen LogP contribution in [0.5, 0.6) is 0 Å². The third-order valence-corrected chi connectivity index (χ3v) is 6.10. The van der Waals surface area contributed by atoms with E-state index in [2.05, 4.69) is 67.3 Å². The molecule has 0 saturated carbocycles. The summed E-state index contributed by atoms with van der Waals surface area (Å²) in [5.41, 5.74) is 0. The van der Waals surface area contributed by atoms with Crippen molar-refractivity contribution in [3.05, 3.63) is 0 Å². The lowest BCUT2D eigenvalue weighted by molar-refractivity contribution is -0.976. The highest BCUT2D eigenvalue weighted by Gasteiger charge is 2.43. The van der Waals surface area contributed by atoms with Crippen LogP contribution in [-0.4, -0.2) is 54.7 Å². The molecule has 2 fully saturated rings. The van der Waals surface area contributed by atoms with Gasteiger partial charge in [0.05, 0.1) is 32.1 Å². The van der Waals surface area contributed by atoms with Gasteiger partial charge < -0.3 is 9.38 Å². The highest BCUT2D eigenvalue weighted by molar-refractivity contribution is 4.83. The van der Waals surface area contributed by atoms with E-state index in [1.165, 1.54) is 30.7 Å². The highest BCUT2D eigenvalue weighted by atomic mass is 15.4. The van der Waals surface area contributed by atoms with Gasteiger partial charge in [0.1, 0.15) is 0 Å². The lowest BCUT2D eigenvalue weighted by Gasteiger charge is -2.52. The fraction of sp³-hybridized carbons (Fsp3) is 1.00. The maximum absolute atomic E-state index is 2.53. The summed E-state index contributed by atoms with van der Waals surface area (Å²) < 4.78 is 1.29. The van der Waals surface area contributed by atoms with Crippen molar-refractivity contribution >= 4 is 0 Å². The SMILES string of the molecule is CC(C)C1CN(C(C)C)C1.CC(C)C1C[N+](C)(C(C)C)C1. The minimum atomic E-state index is 0.759. The normalized spacial score (nSPS) is 30.4. The summed E-state index contributed by atoms with van der Waals surface area (Å²) in [5.74, 6) is 3.74. The third kappa shape index (κ3) is 4.96. The van der Waals surface area contributed by atoms with Crippen LogP contribution in [0, 0.1) is 23.7 Å². The first-order valence-electron chi connectivity index (χ1n) is 9.15. The Morgan fingerprint density at radius 3 is 1.48 bits per heavy atom. The van der Waals surface area contributed by atoms with Crippen molar-refractivity contribution in [1.29, 1.82) is 0 Å². The molecule has 2 heteroatoms. The molecule has 0 spiro atoms. The predicted molar refractivity (Wildman–Crippen MR) is 94.4 cm³/mol. The Kier molecular flexibility index (Phi) is 6.74. The monoisotopic (exact) mass is 297 g/mol. The summed E-state index contributed by atoms with van der Waals surface area (Å²) in [6.45, 7) is 24.0. The van der Waals surface area contributed by atoms with Gasteiger partial charge >= 0.3 is 0 Å². The second-order valence-corrected chi connectivity index (χ2v) is 8.99. The van der Waals surface area contributed by atoms with Gasteiger partial charge in [0.15, 0.2) is 0 Å². The average Bonchev–Trinajstić information content (AvgIpc) is 2.21. The third-order valence-electron chi connectivity index (χ3n) is 6.10. The lowest BCUT2D eigenvalue weighted by Crippen LogP contribution is -2.65. The molecule has 2 aliphatic heterocycles. The van der Waals surface area contributed by atoms with Gasteiger partial charge in [0.25, 0.3) is 0 Å². The number of quaternary nitrogens is 1. The van der Waals surface area contributed by atoms with Crippen molar-refractivity contribution < 1.29 is 4.48 Å². The van der Waals surface area contributed by atoms with E-state index in [1.807, 2.05) is 0 Å². The van der Waals surface area contributed by atoms with Crippen LogP contribution in [0.4, 0.5) is 0 Å². The van der Waals surface area contributed by atoms with Gasteiger partial charge in [-0.15, -0.1) is 0 Å². The Bertz CT molecular complexity index is 283. The molecule has 2 rings (SSSR count). The van der Waals surface area contributed by atoms with Crippen molar-refractivity contribution in [2.45, 2.75) is 67.5 Å². The Morgan fingerprint density at radius 1 is 0.762 bits per heavy atom. The first-order chi connectivity index (χ1) is 9.56. The minimum absolute atomic E-state index is 0.759. The molecule has 0 aliphatic carbocycles. The second kappa shape index (κ2) is 7.46. The summed E-state index contributed by atoms with van der Waals surface area (Å²) in [6, 6.07) is 1.57. The molecular formula is C19H41N2+. The Hall–Kier alpha value is -0.0800. The molecule has 0 aromatic heterocycles. The van der Waals surface area contributed by atoms with Crippen LogP contribution in [0.2, 0.25) is 0 Å². The fourth-order valence-electron chi connectivity index (χ4n) is 3.25. The maximum Gasteiger partial charge on any atom is 0.0872 e. The van der Waals surface area contributed by atoms with E-state index in [9.17, 15) is 0 Å². The topological polar surface area (TPSA) is 3.24 Å². The second-order valence-electron chi connectivity index (χ2n) is 8.99. The van der Waals surface area contributed by atoms with Crippen LogP contribution in [0.15, 0.2) is 0 Å². The van der Waals surface area contributed by atoms with E-state index in [0.29, 0.717) is 0 Å². The molecular weight excluding hydrogens is 256 g/mol. The van der Waals surface area contributed by atoms with Crippen LogP contribution < -0.4 is 0 Å². The van der Waals surface area contributed by atoms with E-state index < -0.39 is 0 Å². The van der Waals surface area contributed by atoms with Crippen molar-refractivity contribution in [1.82, 2.24) is 4.90 Å². The summed E-state index contributed by atoms with van der Waals surface area (Å²) >= 11 is 0. The van der Waals surface area contributed by atoms with Crippen LogP contribution in [-0.2, 0) is 0 Å². The van der Waals surface area contributed by atoms with Gasteiger partial charge in [0.2, 0.25) is 0 Å².